The fraction of sp³-hybridized carbons (Fsp3) is 0.842. The van der Waals surface area contributed by atoms with E-state index in [4.69, 9.17) is 25.6 Å². The van der Waals surface area contributed by atoms with Crippen molar-refractivity contribution < 1.29 is 38.2 Å². The summed E-state index contributed by atoms with van der Waals surface area (Å²) in [6.07, 6.45) is -0.616. The van der Waals surface area contributed by atoms with Crippen molar-refractivity contribution in [1.29, 1.82) is 0 Å². The monoisotopic (exact) mass is 497 g/mol. The number of amides is 3. The zero-order valence-corrected chi connectivity index (χ0v) is 20.8. The van der Waals surface area contributed by atoms with Crippen LogP contribution in [0, 0.1) is 0 Å². The summed E-state index contributed by atoms with van der Waals surface area (Å²) in [6.45, 7) is 3.15. The lowest BCUT2D eigenvalue weighted by atomic mass is 10.2. The van der Waals surface area contributed by atoms with Gasteiger partial charge in [-0.1, -0.05) is 13.8 Å². The lowest BCUT2D eigenvalue weighted by molar-refractivity contribution is -0.136. The first-order chi connectivity index (χ1) is 15.0. The molecule has 1 heterocycles. The third-order valence-corrected chi connectivity index (χ3v) is 6.26. The second kappa shape index (κ2) is 14.2. The number of aliphatic hydroxyl groups is 1. The van der Waals surface area contributed by atoms with Gasteiger partial charge in [0.25, 0.3) is 0 Å². The van der Waals surface area contributed by atoms with Gasteiger partial charge < -0.3 is 34.8 Å². The minimum atomic E-state index is -3.86. The van der Waals surface area contributed by atoms with Gasteiger partial charge in [-0.2, -0.15) is 0 Å². The molecule has 0 radical (unpaired) electrons. The van der Waals surface area contributed by atoms with Gasteiger partial charge in [-0.15, -0.1) is 0 Å². The summed E-state index contributed by atoms with van der Waals surface area (Å²) in [6, 6.07) is -0.303. The quantitative estimate of drug-likeness (QED) is 0.244. The number of aliphatic hydroxyl groups excluding tert-OH is 1. The van der Waals surface area contributed by atoms with Crippen molar-refractivity contribution in [3.05, 3.63) is 0 Å². The van der Waals surface area contributed by atoms with Crippen molar-refractivity contribution in [2.24, 2.45) is 0 Å². The van der Waals surface area contributed by atoms with Crippen LogP contribution in [-0.2, 0) is 40.0 Å². The van der Waals surface area contributed by atoms with E-state index in [-0.39, 0.29) is 63.0 Å². The van der Waals surface area contributed by atoms with Crippen LogP contribution in [0.2, 0.25) is 0 Å². The third kappa shape index (κ3) is 11.1. The van der Waals surface area contributed by atoms with E-state index in [0.717, 1.165) is 0 Å². The highest BCUT2D eigenvalue weighted by Crippen LogP contribution is 2.45. The zero-order valence-electron chi connectivity index (χ0n) is 19.1. The number of nitrogens with zero attached hydrogens (tertiary/aromatic N) is 1. The highest BCUT2D eigenvalue weighted by molar-refractivity contribution is 8.07. The van der Waals surface area contributed by atoms with Crippen LogP contribution in [0.3, 0.4) is 0 Å². The van der Waals surface area contributed by atoms with Gasteiger partial charge in [-0.3, -0.25) is 18.9 Å². The maximum Gasteiger partial charge on any atom is 0.325 e. The number of β-amino-alcohol motifs (C(OH)–C–C–N with tert-alkyl or cyclic N) is 1. The normalized spacial score (nSPS) is 20.4. The summed E-state index contributed by atoms with van der Waals surface area (Å²) in [4.78, 5) is 47.6. The summed E-state index contributed by atoms with van der Waals surface area (Å²) in [5.41, 5.74) is 0. The van der Waals surface area contributed by atoms with Crippen molar-refractivity contribution in [1.82, 2.24) is 15.5 Å². The van der Waals surface area contributed by atoms with Crippen molar-refractivity contribution in [3.63, 3.8) is 0 Å². The summed E-state index contributed by atoms with van der Waals surface area (Å²) < 4.78 is 16.2. The molecule has 0 aliphatic carbocycles. The predicted octanol–water partition coefficient (Wildman–Crippen LogP) is 0.0442. The lowest BCUT2D eigenvalue weighted by Crippen LogP contribution is -2.42. The number of likely N-dealkylation sites (tertiary alicyclic amines) is 1. The molecule has 13 heteroatoms. The van der Waals surface area contributed by atoms with Crippen molar-refractivity contribution >= 4 is 36.2 Å². The largest absolute Gasteiger partial charge is 0.391 e. The fourth-order valence-corrected chi connectivity index (χ4v) is 4.33. The van der Waals surface area contributed by atoms with Gasteiger partial charge in [-0.25, -0.2) is 0 Å². The van der Waals surface area contributed by atoms with Gasteiger partial charge >= 0.3 is 6.72 Å². The van der Waals surface area contributed by atoms with Crippen molar-refractivity contribution in [2.75, 3.05) is 32.8 Å². The maximum absolute atomic E-state index is 12.6. The van der Waals surface area contributed by atoms with Crippen LogP contribution in [0.4, 0.5) is 0 Å². The minimum Gasteiger partial charge on any atom is -0.391 e. The average molecular weight is 498 g/mol. The van der Waals surface area contributed by atoms with E-state index in [9.17, 15) is 24.4 Å². The molecule has 1 saturated heterocycles. The summed E-state index contributed by atoms with van der Waals surface area (Å²) in [5.74, 6) is -0.920. The summed E-state index contributed by atoms with van der Waals surface area (Å²) in [5, 5.41) is 15.2. The van der Waals surface area contributed by atoms with Crippen molar-refractivity contribution in [2.45, 2.75) is 71.3 Å². The molecule has 1 fully saturated rings. The Balaban J connectivity index is 2.66. The van der Waals surface area contributed by atoms with E-state index in [0.29, 0.717) is 6.42 Å². The Bertz CT molecular complexity index is 661. The van der Waals surface area contributed by atoms with E-state index in [1.54, 1.807) is 13.8 Å². The van der Waals surface area contributed by atoms with Gasteiger partial charge in [0.1, 0.15) is 12.7 Å². The molecular weight excluding hydrogens is 461 g/mol. The molecule has 1 aliphatic rings. The van der Waals surface area contributed by atoms with Gasteiger partial charge in [0, 0.05) is 32.5 Å². The maximum atomic E-state index is 12.6. The van der Waals surface area contributed by atoms with Crippen LogP contribution in [-0.4, -0.2) is 89.8 Å². The Morgan fingerprint density at radius 1 is 1.16 bits per heavy atom. The Labute approximate surface area is 194 Å². The van der Waals surface area contributed by atoms with E-state index in [2.05, 4.69) is 10.6 Å². The summed E-state index contributed by atoms with van der Waals surface area (Å²) >= 11 is 5.02. The topological polar surface area (TPSA) is 147 Å². The number of nitrogens with one attached hydrogen (secondary N) is 2. The second-order valence-corrected chi connectivity index (χ2v) is 10.5. The molecule has 1 unspecified atom stereocenters. The molecule has 0 spiro atoms. The average Bonchev–Trinajstić information content (AvgIpc) is 3.12. The van der Waals surface area contributed by atoms with Crippen LogP contribution in [0.15, 0.2) is 0 Å². The molecular formula is C19H36N3O8PS. The first-order valence-corrected chi connectivity index (χ1v) is 13.3. The number of hydrogen-bond donors (Lipinski definition) is 4. The number of hydrogen-bond acceptors (Lipinski definition) is 8. The van der Waals surface area contributed by atoms with Gasteiger partial charge in [-0.05, 0) is 32.1 Å². The van der Waals surface area contributed by atoms with Crippen LogP contribution < -0.4 is 10.6 Å². The molecule has 1 rings (SSSR count). The van der Waals surface area contributed by atoms with Crippen LogP contribution >= 0.6 is 6.72 Å². The molecule has 3 amide bonds. The molecule has 0 saturated carbocycles. The fourth-order valence-electron chi connectivity index (χ4n) is 2.95. The standard InChI is InChI=1S/C19H36N3O8PS/c1-5-17(24)20-8-16(9-21-18(25)6-2)30-31(27,32)29-12-19(26)22-10-15(23)7-14(22)11-28-13(3)4/h13-16,23H,5-12H2,1-4H3,(H,20,24)(H,21,25)(H,27,32)/t14-,15+,31?/m0/s1. The first-order valence-electron chi connectivity index (χ1n) is 10.8. The van der Waals surface area contributed by atoms with E-state index in [1.165, 1.54) is 4.90 Å². The Morgan fingerprint density at radius 3 is 2.22 bits per heavy atom. The molecule has 0 aromatic heterocycles. The Kier molecular flexibility index (Phi) is 12.8. The third-order valence-electron chi connectivity index (χ3n) is 4.66. The van der Waals surface area contributed by atoms with E-state index in [1.807, 2.05) is 13.8 Å². The number of carbonyl (C=O) groups is 3. The molecule has 32 heavy (non-hydrogen) atoms. The summed E-state index contributed by atoms with van der Waals surface area (Å²) in [7, 11) is 0. The number of rotatable bonds is 14. The van der Waals surface area contributed by atoms with Crippen LogP contribution in [0.5, 0.6) is 0 Å². The predicted molar refractivity (Wildman–Crippen MR) is 121 cm³/mol. The molecule has 186 valence electrons. The molecule has 1 aliphatic heterocycles. The zero-order chi connectivity index (χ0) is 24.3. The van der Waals surface area contributed by atoms with Gasteiger partial charge in [0.15, 0.2) is 0 Å². The second-order valence-electron chi connectivity index (χ2n) is 7.76. The van der Waals surface area contributed by atoms with Gasteiger partial charge in [0.05, 0.1) is 24.9 Å². The number of ether oxygens (including phenoxy) is 1. The Morgan fingerprint density at radius 2 is 1.72 bits per heavy atom. The van der Waals surface area contributed by atoms with Gasteiger partial charge in [0.2, 0.25) is 17.7 Å². The molecule has 0 aromatic carbocycles. The molecule has 4 N–H and O–H groups in total. The Hall–Kier alpha value is -1.14. The lowest BCUT2D eigenvalue weighted by Gasteiger charge is -2.27. The highest BCUT2D eigenvalue weighted by atomic mass is 32.5. The van der Waals surface area contributed by atoms with E-state index >= 15 is 0 Å². The molecule has 3 atom stereocenters. The molecule has 0 aromatic rings. The SMILES string of the molecule is CCC(=O)NCC(CNC(=O)CC)OP(O)(=S)OCC(=O)N1C[C@H](O)C[C@H]1COC(C)C. The van der Waals surface area contributed by atoms with Crippen LogP contribution in [0.1, 0.15) is 47.0 Å². The highest BCUT2D eigenvalue weighted by Gasteiger charge is 2.35. The van der Waals surface area contributed by atoms with Crippen LogP contribution in [0.25, 0.3) is 0 Å². The minimum absolute atomic E-state index is 0.000142. The molecule has 0 bridgehead atoms. The number of carbonyl (C=O) groups excluding carboxylic acids is 3. The van der Waals surface area contributed by atoms with Crippen molar-refractivity contribution in [3.8, 4) is 0 Å². The molecule has 11 nitrogen and oxygen atoms in total. The van der Waals surface area contributed by atoms with E-state index < -0.39 is 31.4 Å². The smallest absolute Gasteiger partial charge is 0.325 e. The first kappa shape index (κ1) is 28.9.